The molecule has 0 unspecified atom stereocenters. The lowest BCUT2D eigenvalue weighted by atomic mass is 10.2. The summed E-state index contributed by atoms with van der Waals surface area (Å²) in [5.41, 5.74) is 3.89. The normalized spacial score (nSPS) is 10.8. The van der Waals surface area contributed by atoms with Gasteiger partial charge in [-0.05, 0) is 36.4 Å². The number of fused-ring (bicyclic) bond motifs is 1. The minimum Gasteiger partial charge on any atom is -0.478 e. The van der Waals surface area contributed by atoms with Gasteiger partial charge in [-0.3, -0.25) is 4.57 Å². The maximum absolute atomic E-state index is 11.0. The summed E-state index contributed by atoms with van der Waals surface area (Å²) in [5.74, 6) is -0.943. The summed E-state index contributed by atoms with van der Waals surface area (Å²) in [4.78, 5) is 17.3. The lowest BCUT2D eigenvalue weighted by Crippen LogP contribution is -2.08. The van der Waals surface area contributed by atoms with Crippen molar-refractivity contribution in [2.24, 2.45) is 0 Å². The molecule has 2 aromatic carbocycles. The number of nitrogens with zero attached hydrogens (tertiary/aromatic N) is 3. The number of benzene rings is 2. The van der Waals surface area contributed by atoms with Crippen molar-refractivity contribution in [2.75, 3.05) is 19.0 Å². The van der Waals surface area contributed by atoms with Gasteiger partial charge in [0.15, 0.2) is 0 Å². The van der Waals surface area contributed by atoms with Crippen molar-refractivity contribution in [3.05, 3.63) is 54.4 Å². The van der Waals surface area contributed by atoms with Crippen LogP contribution in [-0.2, 0) is 0 Å². The monoisotopic (exact) mass is 281 g/mol. The first-order valence-corrected chi connectivity index (χ1v) is 6.54. The Morgan fingerprint density at radius 2 is 2.00 bits per heavy atom. The van der Waals surface area contributed by atoms with Gasteiger partial charge in [-0.25, -0.2) is 9.78 Å². The van der Waals surface area contributed by atoms with E-state index in [0.29, 0.717) is 5.52 Å². The molecule has 0 aliphatic rings. The molecule has 0 radical (unpaired) electrons. The standard InChI is InChI=1S/C16H15N3O2/c1-18(2)12-4-3-5-13(9-12)19-10-17-14-8-11(16(20)21)6-7-15(14)19/h3-10H,1-2H3,(H,20,21). The molecule has 3 rings (SSSR count). The van der Waals surface area contributed by atoms with Gasteiger partial charge in [0.2, 0.25) is 0 Å². The van der Waals surface area contributed by atoms with Crippen molar-refractivity contribution in [3.63, 3.8) is 0 Å². The average molecular weight is 281 g/mol. The summed E-state index contributed by atoms with van der Waals surface area (Å²) in [6, 6.07) is 13.1. The largest absolute Gasteiger partial charge is 0.478 e. The molecular weight excluding hydrogens is 266 g/mol. The van der Waals surface area contributed by atoms with Crippen molar-refractivity contribution in [2.45, 2.75) is 0 Å². The fourth-order valence-electron chi connectivity index (χ4n) is 2.27. The third-order valence-electron chi connectivity index (χ3n) is 3.42. The van der Waals surface area contributed by atoms with Crippen molar-refractivity contribution < 1.29 is 9.90 Å². The number of aromatic nitrogens is 2. The molecule has 21 heavy (non-hydrogen) atoms. The summed E-state index contributed by atoms with van der Waals surface area (Å²) in [7, 11) is 3.98. The van der Waals surface area contributed by atoms with Crippen molar-refractivity contribution in [1.29, 1.82) is 0 Å². The molecule has 5 heteroatoms. The maximum atomic E-state index is 11.0. The lowest BCUT2D eigenvalue weighted by molar-refractivity contribution is 0.0697. The van der Waals surface area contributed by atoms with E-state index in [-0.39, 0.29) is 5.56 Å². The van der Waals surface area contributed by atoms with Crippen LogP contribution in [0.1, 0.15) is 10.4 Å². The van der Waals surface area contributed by atoms with Gasteiger partial charge in [0, 0.05) is 25.5 Å². The Bertz CT molecular complexity index is 821. The van der Waals surface area contributed by atoms with E-state index in [2.05, 4.69) is 11.1 Å². The molecule has 0 atom stereocenters. The van der Waals surface area contributed by atoms with Gasteiger partial charge in [-0.1, -0.05) is 6.07 Å². The fourth-order valence-corrected chi connectivity index (χ4v) is 2.27. The Labute approximate surface area is 122 Å². The number of carboxylic acids is 1. The van der Waals surface area contributed by atoms with Crippen LogP contribution < -0.4 is 4.90 Å². The van der Waals surface area contributed by atoms with Gasteiger partial charge in [0.25, 0.3) is 0 Å². The van der Waals surface area contributed by atoms with Crippen LogP contribution in [0.15, 0.2) is 48.8 Å². The SMILES string of the molecule is CN(C)c1cccc(-n2cnc3cc(C(=O)O)ccc32)c1. The Morgan fingerprint density at radius 1 is 1.19 bits per heavy atom. The van der Waals surface area contributed by atoms with Gasteiger partial charge in [-0.15, -0.1) is 0 Å². The summed E-state index contributed by atoms with van der Waals surface area (Å²) >= 11 is 0. The molecule has 0 aliphatic carbocycles. The Kier molecular flexibility index (Phi) is 3.10. The highest BCUT2D eigenvalue weighted by Gasteiger charge is 2.09. The second-order valence-electron chi connectivity index (χ2n) is 5.04. The minimum absolute atomic E-state index is 0.245. The molecule has 5 nitrogen and oxygen atoms in total. The van der Waals surface area contributed by atoms with Crippen LogP contribution in [0.3, 0.4) is 0 Å². The molecule has 0 spiro atoms. The zero-order valence-electron chi connectivity index (χ0n) is 11.8. The Balaban J connectivity index is 2.13. The van der Waals surface area contributed by atoms with Gasteiger partial charge < -0.3 is 10.0 Å². The number of aromatic carboxylic acids is 1. The molecule has 106 valence electrons. The van der Waals surface area contributed by atoms with E-state index in [1.54, 1.807) is 24.5 Å². The molecule has 0 saturated heterocycles. The minimum atomic E-state index is -0.943. The second-order valence-corrected chi connectivity index (χ2v) is 5.04. The molecule has 0 saturated carbocycles. The first-order chi connectivity index (χ1) is 10.1. The van der Waals surface area contributed by atoms with E-state index in [1.807, 2.05) is 41.8 Å². The summed E-state index contributed by atoms with van der Waals surface area (Å²) in [5, 5.41) is 9.03. The zero-order valence-corrected chi connectivity index (χ0v) is 11.8. The van der Waals surface area contributed by atoms with Crippen LogP contribution >= 0.6 is 0 Å². The van der Waals surface area contributed by atoms with E-state index in [9.17, 15) is 4.79 Å². The van der Waals surface area contributed by atoms with E-state index in [1.165, 1.54) is 0 Å². The van der Waals surface area contributed by atoms with E-state index in [4.69, 9.17) is 5.11 Å². The number of carbonyl (C=O) groups is 1. The molecule has 1 heterocycles. The van der Waals surface area contributed by atoms with Gasteiger partial charge >= 0.3 is 5.97 Å². The zero-order chi connectivity index (χ0) is 15.0. The van der Waals surface area contributed by atoms with Gasteiger partial charge in [-0.2, -0.15) is 0 Å². The Morgan fingerprint density at radius 3 is 2.71 bits per heavy atom. The molecule has 3 aromatic rings. The van der Waals surface area contributed by atoms with Crippen LogP contribution in [-0.4, -0.2) is 34.7 Å². The van der Waals surface area contributed by atoms with E-state index in [0.717, 1.165) is 16.9 Å². The van der Waals surface area contributed by atoms with Crippen molar-refractivity contribution in [3.8, 4) is 5.69 Å². The predicted molar refractivity (Wildman–Crippen MR) is 82.4 cm³/mol. The third-order valence-corrected chi connectivity index (χ3v) is 3.42. The first-order valence-electron chi connectivity index (χ1n) is 6.54. The van der Waals surface area contributed by atoms with Gasteiger partial charge in [0.05, 0.1) is 16.6 Å². The number of anilines is 1. The average Bonchev–Trinajstić information content (AvgIpc) is 2.90. The second kappa shape index (κ2) is 4.94. The Hall–Kier alpha value is -2.82. The van der Waals surface area contributed by atoms with E-state index < -0.39 is 5.97 Å². The van der Waals surface area contributed by atoms with Crippen LogP contribution in [0.4, 0.5) is 5.69 Å². The van der Waals surface area contributed by atoms with Crippen molar-refractivity contribution >= 4 is 22.7 Å². The highest BCUT2D eigenvalue weighted by atomic mass is 16.4. The van der Waals surface area contributed by atoms with Crippen LogP contribution in [0, 0.1) is 0 Å². The van der Waals surface area contributed by atoms with Crippen molar-refractivity contribution in [1.82, 2.24) is 9.55 Å². The van der Waals surface area contributed by atoms with Crippen LogP contribution in [0.25, 0.3) is 16.7 Å². The molecule has 0 aliphatic heterocycles. The molecule has 0 bridgehead atoms. The fraction of sp³-hybridized carbons (Fsp3) is 0.125. The molecule has 1 aromatic heterocycles. The van der Waals surface area contributed by atoms with Crippen LogP contribution in [0.2, 0.25) is 0 Å². The summed E-state index contributed by atoms with van der Waals surface area (Å²) in [6.07, 6.45) is 1.71. The number of carboxylic acid groups (broad SMARTS) is 1. The smallest absolute Gasteiger partial charge is 0.335 e. The molecule has 0 fully saturated rings. The van der Waals surface area contributed by atoms with Crippen LogP contribution in [0.5, 0.6) is 0 Å². The molecule has 1 N–H and O–H groups in total. The number of imidazole rings is 1. The van der Waals surface area contributed by atoms with E-state index >= 15 is 0 Å². The number of hydrogen-bond acceptors (Lipinski definition) is 3. The highest BCUT2D eigenvalue weighted by Crippen LogP contribution is 2.22. The summed E-state index contributed by atoms with van der Waals surface area (Å²) in [6.45, 7) is 0. The maximum Gasteiger partial charge on any atom is 0.335 e. The lowest BCUT2D eigenvalue weighted by Gasteiger charge is -2.14. The number of rotatable bonds is 3. The predicted octanol–water partition coefficient (Wildman–Crippen LogP) is 2.79. The molecular formula is C16H15N3O2. The quantitative estimate of drug-likeness (QED) is 0.802. The molecule has 0 amide bonds. The first kappa shape index (κ1) is 13.2. The van der Waals surface area contributed by atoms with Gasteiger partial charge in [0.1, 0.15) is 6.33 Å². The highest BCUT2D eigenvalue weighted by molar-refractivity contribution is 5.92. The number of hydrogen-bond donors (Lipinski definition) is 1. The summed E-state index contributed by atoms with van der Waals surface area (Å²) < 4.78 is 1.95. The third kappa shape index (κ3) is 2.33. The topological polar surface area (TPSA) is 58.4 Å².